The predicted molar refractivity (Wildman–Crippen MR) is 109 cm³/mol. The predicted octanol–water partition coefficient (Wildman–Crippen LogP) is 3.47. The van der Waals surface area contributed by atoms with Crippen molar-refractivity contribution < 1.29 is 9.72 Å². The smallest absolute Gasteiger partial charge is 0.269 e. The minimum absolute atomic E-state index is 0.0975. The highest BCUT2D eigenvalue weighted by Gasteiger charge is 2.27. The molecule has 0 unspecified atom stereocenters. The summed E-state index contributed by atoms with van der Waals surface area (Å²) in [6, 6.07) is 14.3. The van der Waals surface area contributed by atoms with Gasteiger partial charge in [-0.05, 0) is 25.1 Å². The van der Waals surface area contributed by atoms with Crippen LogP contribution in [0.15, 0.2) is 54.7 Å². The number of para-hydroxylation sites is 1. The van der Waals surface area contributed by atoms with Gasteiger partial charge in [0, 0.05) is 66.7 Å². The topological polar surface area (TPSA) is 82.5 Å². The number of benzene rings is 2. The molecule has 0 radical (unpaired) electrons. The molecular formula is C21H22N4O3. The van der Waals surface area contributed by atoms with E-state index in [9.17, 15) is 14.9 Å². The quantitative estimate of drug-likeness (QED) is 0.418. The number of non-ortho nitro benzene ring substituents is 1. The highest BCUT2D eigenvalue weighted by molar-refractivity contribution is 6.10. The Morgan fingerprint density at radius 2 is 1.75 bits per heavy atom. The molecule has 1 N–H and O–H groups in total. The highest BCUT2D eigenvalue weighted by atomic mass is 16.6. The van der Waals surface area contributed by atoms with Gasteiger partial charge >= 0.3 is 0 Å². The van der Waals surface area contributed by atoms with Gasteiger partial charge in [0.05, 0.1) is 11.0 Å². The zero-order valence-corrected chi connectivity index (χ0v) is 15.7. The molecule has 144 valence electrons. The Labute approximate surface area is 162 Å². The molecule has 1 aromatic heterocycles. The third-order valence-corrected chi connectivity index (χ3v) is 5.52. The normalized spacial score (nSPS) is 16.2. The Kier molecular flexibility index (Phi) is 4.83. The molecule has 0 spiro atoms. The number of rotatable bonds is 5. The first-order valence-electron chi connectivity index (χ1n) is 9.38. The minimum Gasteiger partial charge on any atom is -0.369 e. The van der Waals surface area contributed by atoms with Gasteiger partial charge in [-0.3, -0.25) is 19.8 Å². The van der Waals surface area contributed by atoms with E-state index in [2.05, 4.69) is 14.8 Å². The Hall–Kier alpha value is -3.19. The van der Waals surface area contributed by atoms with Crippen LogP contribution in [0.3, 0.4) is 0 Å². The van der Waals surface area contributed by atoms with Gasteiger partial charge in [0.15, 0.2) is 5.78 Å². The Morgan fingerprint density at radius 1 is 1.07 bits per heavy atom. The van der Waals surface area contributed by atoms with Crippen molar-refractivity contribution in [3.05, 3.63) is 70.4 Å². The molecule has 1 atom stereocenters. The minimum atomic E-state index is -0.389. The van der Waals surface area contributed by atoms with Gasteiger partial charge in [-0.2, -0.15) is 0 Å². The molecule has 0 amide bonds. The fourth-order valence-electron chi connectivity index (χ4n) is 3.82. The van der Waals surface area contributed by atoms with Crippen LogP contribution in [0, 0.1) is 10.1 Å². The van der Waals surface area contributed by atoms with Crippen LogP contribution in [0.4, 0.5) is 11.4 Å². The van der Waals surface area contributed by atoms with Crippen LogP contribution in [-0.2, 0) is 0 Å². The van der Waals surface area contributed by atoms with Crippen molar-refractivity contribution in [3.63, 3.8) is 0 Å². The number of ketones is 1. The number of Topliss-reactive ketones (excluding diaryl/α,β-unsaturated/α-hetero) is 1. The fourth-order valence-corrected chi connectivity index (χ4v) is 3.82. The molecule has 0 aliphatic carbocycles. The Balaban J connectivity index is 1.41. The maximum atomic E-state index is 13.0. The van der Waals surface area contributed by atoms with Crippen molar-refractivity contribution >= 4 is 28.1 Å². The summed E-state index contributed by atoms with van der Waals surface area (Å²) in [6.45, 7) is 5.07. The molecule has 0 saturated carbocycles. The first-order valence-corrected chi connectivity index (χ1v) is 9.38. The molecule has 7 nitrogen and oxygen atoms in total. The molecule has 1 aliphatic rings. The molecule has 7 heteroatoms. The second-order valence-electron chi connectivity index (χ2n) is 7.08. The lowest BCUT2D eigenvalue weighted by Crippen LogP contribution is -2.51. The van der Waals surface area contributed by atoms with Gasteiger partial charge in [-0.25, -0.2) is 0 Å². The number of nitrogens with zero attached hydrogens (tertiary/aromatic N) is 3. The van der Waals surface area contributed by atoms with Crippen molar-refractivity contribution in [1.82, 2.24) is 9.88 Å². The van der Waals surface area contributed by atoms with Gasteiger partial charge in [0.1, 0.15) is 0 Å². The van der Waals surface area contributed by atoms with Gasteiger partial charge in [0.2, 0.25) is 0 Å². The molecule has 1 saturated heterocycles. The lowest BCUT2D eigenvalue weighted by Gasteiger charge is -2.38. The van der Waals surface area contributed by atoms with Crippen molar-refractivity contribution in [2.45, 2.75) is 13.0 Å². The fraction of sp³-hybridized carbons (Fsp3) is 0.286. The van der Waals surface area contributed by atoms with Gasteiger partial charge in [-0.1, -0.05) is 18.2 Å². The molecule has 1 fully saturated rings. The number of nitrogens with one attached hydrogen (secondary N) is 1. The number of hydrogen-bond acceptors (Lipinski definition) is 5. The zero-order valence-electron chi connectivity index (χ0n) is 15.7. The summed E-state index contributed by atoms with van der Waals surface area (Å²) in [5.74, 6) is 0.126. The van der Waals surface area contributed by atoms with Crippen LogP contribution in [0.1, 0.15) is 17.3 Å². The summed E-state index contributed by atoms with van der Waals surface area (Å²) in [5, 5.41) is 11.8. The third-order valence-electron chi connectivity index (χ3n) is 5.52. The summed E-state index contributed by atoms with van der Waals surface area (Å²) < 4.78 is 0. The number of hydrogen-bond donors (Lipinski definition) is 1. The number of fused-ring (bicyclic) bond motifs is 1. The van der Waals surface area contributed by atoms with Gasteiger partial charge < -0.3 is 9.88 Å². The van der Waals surface area contributed by atoms with Crippen LogP contribution < -0.4 is 4.90 Å². The summed E-state index contributed by atoms with van der Waals surface area (Å²) in [7, 11) is 0. The summed E-state index contributed by atoms with van der Waals surface area (Å²) in [6.07, 6.45) is 1.80. The van der Waals surface area contributed by atoms with Crippen LogP contribution in [-0.4, -0.2) is 52.8 Å². The Morgan fingerprint density at radius 3 is 2.43 bits per heavy atom. The number of aromatic amines is 1. The van der Waals surface area contributed by atoms with Crippen LogP contribution in [0.5, 0.6) is 0 Å². The van der Waals surface area contributed by atoms with Crippen molar-refractivity contribution in [2.24, 2.45) is 0 Å². The Bertz CT molecular complexity index is 1000. The molecule has 3 aromatic rings. The average molecular weight is 378 g/mol. The lowest BCUT2D eigenvalue weighted by atomic mass is 10.0. The second kappa shape index (κ2) is 7.44. The number of nitro groups is 1. The maximum Gasteiger partial charge on any atom is 0.269 e. The standard InChI is InChI=1S/C21H22N4O3/c1-15(21(26)19-14-22-20-5-3-2-4-18(19)20)23-10-12-24(13-11-23)16-6-8-17(9-7-16)25(27)28/h2-9,14-15,22H,10-13H2,1H3/t15-/m1/s1. The van der Waals surface area contributed by atoms with Gasteiger partial charge in [0.25, 0.3) is 5.69 Å². The number of aromatic nitrogens is 1. The van der Waals surface area contributed by atoms with E-state index in [1.54, 1.807) is 18.3 Å². The van der Waals surface area contributed by atoms with Crippen molar-refractivity contribution in [3.8, 4) is 0 Å². The van der Waals surface area contributed by atoms with Crippen molar-refractivity contribution in [1.29, 1.82) is 0 Å². The number of carbonyl (C=O) groups is 1. The number of piperazine rings is 1. The molecular weight excluding hydrogens is 356 g/mol. The van der Waals surface area contributed by atoms with Crippen molar-refractivity contribution in [2.75, 3.05) is 31.1 Å². The number of nitro benzene ring substituents is 1. The van der Waals surface area contributed by atoms with E-state index in [-0.39, 0.29) is 22.4 Å². The van der Waals surface area contributed by atoms with E-state index >= 15 is 0 Å². The molecule has 2 aromatic carbocycles. The van der Waals surface area contributed by atoms with Crippen LogP contribution >= 0.6 is 0 Å². The van der Waals surface area contributed by atoms with Crippen LogP contribution in [0.2, 0.25) is 0 Å². The molecule has 0 bridgehead atoms. The summed E-state index contributed by atoms with van der Waals surface area (Å²) >= 11 is 0. The van der Waals surface area contributed by atoms with E-state index in [1.807, 2.05) is 31.2 Å². The number of carbonyl (C=O) groups excluding carboxylic acids is 1. The van der Waals surface area contributed by atoms with E-state index in [4.69, 9.17) is 0 Å². The van der Waals surface area contributed by atoms with Crippen LogP contribution in [0.25, 0.3) is 10.9 Å². The van der Waals surface area contributed by atoms with E-state index < -0.39 is 0 Å². The number of H-pyrrole nitrogens is 1. The highest BCUT2D eigenvalue weighted by Crippen LogP contribution is 2.23. The molecule has 28 heavy (non-hydrogen) atoms. The SMILES string of the molecule is C[C@H](C(=O)c1c[nH]c2ccccc12)N1CCN(c2ccc([N+](=O)[O-])cc2)CC1. The van der Waals surface area contributed by atoms with E-state index in [0.717, 1.165) is 48.3 Å². The molecule has 1 aliphatic heterocycles. The van der Waals surface area contributed by atoms with Gasteiger partial charge in [-0.15, -0.1) is 0 Å². The zero-order chi connectivity index (χ0) is 19.7. The monoisotopic (exact) mass is 378 g/mol. The maximum absolute atomic E-state index is 13.0. The van der Waals surface area contributed by atoms with E-state index in [1.165, 1.54) is 12.1 Å². The molecule has 4 rings (SSSR count). The third kappa shape index (κ3) is 3.36. The average Bonchev–Trinajstić information content (AvgIpc) is 3.17. The summed E-state index contributed by atoms with van der Waals surface area (Å²) in [4.78, 5) is 31.0. The summed E-state index contributed by atoms with van der Waals surface area (Å²) in [5.41, 5.74) is 2.78. The number of anilines is 1. The lowest BCUT2D eigenvalue weighted by molar-refractivity contribution is -0.384. The van der Waals surface area contributed by atoms with E-state index in [0.29, 0.717) is 0 Å². The first kappa shape index (κ1) is 18.2. The largest absolute Gasteiger partial charge is 0.369 e. The second-order valence-corrected chi connectivity index (χ2v) is 7.08. The first-order chi connectivity index (χ1) is 13.5. The molecule has 2 heterocycles.